The van der Waals surface area contributed by atoms with E-state index in [1.807, 2.05) is 0 Å². The van der Waals surface area contributed by atoms with Crippen molar-refractivity contribution in [3.63, 3.8) is 0 Å². The third-order valence-electron chi connectivity index (χ3n) is 1.32. The molecule has 11 heavy (non-hydrogen) atoms. The van der Waals surface area contributed by atoms with Gasteiger partial charge in [0.1, 0.15) is 6.10 Å². The van der Waals surface area contributed by atoms with Gasteiger partial charge in [-0.3, -0.25) is 0 Å². The number of carbonyl (C=O) groups excluding carboxylic acids is 1. The average Bonchev–Trinajstić information content (AvgIpc) is 1.79. The SMILES string of the molecule is CC(O)CC(O)C1OC(=O)O1. The second-order valence-corrected chi connectivity index (χ2v) is 2.51. The van der Waals surface area contributed by atoms with Gasteiger partial charge in [-0.15, -0.1) is 0 Å². The molecule has 1 fully saturated rings. The summed E-state index contributed by atoms with van der Waals surface area (Å²) in [6.45, 7) is 1.53. The fourth-order valence-electron chi connectivity index (χ4n) is 0.816. The zero-order valence-corrected chi connectivity index (χ0v) is 6.06. The Balaban J connectivity index is 2.20. The number of aliphatic hydroxyl groups is 2. The summed E-state index contributed by atoms with van der Waals surface area (Å²) >= 11 is 0. The van der Waals surface area contributed by atoms with Gasteiger partial charge in [-0.2, -0.15) is 0 Å². The van der Waals surface area contributed by atoms with Crippen LogP contribution < -0.4 is 0 Å². The highest BCUT2D eigenvalue weighted by atomic mass is 16.9. The zero-order valence-electron chi connectivity index (χ0n) is 6.06. The van der Waals surface area contributed by atoms with Crippen LogP contribution in [-0.4, -0.2) is 34.9 Å². The number of aliphatic hydroxyl groups excluding tert-OH is 2. The lowest BCUT2D eigenvalue weighted by molar-refractivity contribution is -0.230. The molecule has 2 atom stereocenters. The molecule has 0 aromatic heterocycles. The summed E-state index contributed by atoms with van der Waals surface area (Å²) in [5.74, 6) is 0. The molecule has 1 rings (SSSR count). The maximum atomic E-state index is 10.1. The Morgan fingerprint density at radius 3 is 2.45 bits per heavy atom. The van der Waals surface area contributed by atoms with E-state index in [0.717, 1.165) is 0 Å². The van der Waals surface area contributed by atoms with E-state index >= 15 is 0 Å². The molecule has 2 N–H and O–H groups in total. The molecule has 5 heteroatoms. The minimum Gasteiger partial charge on any atom is -0.393 e. The number of hydrogen-bond acceptors (Lipinski definition) is 5. The molecule has 0 aromatic carbocycles. The number of cyclic esters (lactones) is 2. The van der Waals surface area contributed by atoms with Crippen LogP contribution in [0.5, 0.6) is 0 Å². The van der Waals surface area contributed by atoms with E-state index in [1.165, 1.54) is 6.92 Å². The molecule has 0 amide bonds. The molecule has 2 unspecified atom stereocenters. The monoisotopic (exact) mass is 162 g/mol. The molecule has 0 spiro atoms. The molecule has 0 aliphatic carbocycles. The molecule has 0 bridgehead atoms. The van der Waals surface area contributed by atoms with Gasteiger partial charge in [-0.05, 0) is 6.92 Å². The Morgan fingerprint density at radius 1 is 1.55 bits per heavy atom. The van der Waals surface area contributed by atoms with Crippen molar-refractivity contribution < 1.29 is 24.5 Å². The predicted octanol–water partition coefficient (Wildman–Crippen LogP) is -0.389. The van der Waals surface area contributed by atoms with Crippen LogP contribution in [0.15, 0.2) is 0 Å². The van der Waals surface area contributed by atoms with Crippen molar-refractivity contribution in [1.29, 1.82) is 0 Å². The normalized spacial score (nSPS) is 23.0. The average molecular weight is 162 g/mol. The van der Waals surface area contributed by atoms with Gasteiger partial charge in [-0.1, -0.05) is 0 Å². The van der Waals surface area contributed by atoms with Crippen LogP contribution in [0.3, 0.4) is 0 Å². The van der Waals surface area contributed by atoms with Gasteiger partial charge < -0.3 is 19.7 Å². The van der Waals surface area contributed by atoms with Gasteiger partial charge >= 0.3 is 6.16 Å². The molecule has 1 aliphatic heterocycles. The van der Waals surface area contributed by atoms with Crippen molar-refractivity contribution in [2.75, 3.05) is 0 Å². The minimum absolute atomic E-state index is 0.137. The van der Waals surface area contributed by atoms with Crippen LogP contribution in [0.4, 0.5) is 4.79 Å². The molecular weight excluding hydrogens is 152 g/mol. The first-order valence-electron chi connectivity index (χ1n) is 3.33. The maximum absolute atomic E-state index is 10.1. The molecule has 5 nitrogen and oxygen atoms in total. The maximum Gasteiger partial charge on any atom is 0.514 e. The number of rotatable bonds is 3. The lowest BCUT2D eigenvalue weighted by Crippen LogP contribution is -2.45. The quantitative estimate of drug-likeness (QED) is 0.553. The Kier molecular flexibility index (Phi) is 2.31. The summed E-state index contributed by atoms with van der Waals surface area (Å²) in [7, 11) is 0. The van der Waals surface area contributed by atoms with Gasteiger partial charge in [0.15, 0.2) is 0 Å². The third-order valence-corrected chi connectivity index (χ3v) is 1.32. The fraction of sp³-hybridized carbons (Fsp3) is 0.833. The van der Waals surface area contributed by atoms with E-state index in [-0.39, 0.29) is 6.42 Å². The van der Waals surface area contributed by atoms with Crippen LogP contribution in [0.25, 0.3) is 0 Å². The standard InChI is InChI=1S/C6H10O5/c1-3(7)2-4(8)5-10-6(9)11-5/h3-5,7-8H,2H2,1H3. The van der Waals surface area contributed by atoms with Gasteiger partial charge in [-0.25, -0.2) is 4.79 Å². The van der Waals surface area contributed by atoms with Crippen LogP contribution in [0.1, 0.15) is 13.3 Å². The molecule has 64 valence electrons. The largest absolute Gasteiger partial charge is 0.514 e. The van der Waals surface area contributed by atoms with Crippen molar-refractivity contribution in [3.8, 4) is 0 Å². The first-order chi connectivity index (χ1) is 5.09. The third kappa shape index (κ3) is 2.06. The number of ether oxygens (including phenoxy) is 2. The van der Waals surface area contributed by atoms with Crippen molar-refractivity contribution in [1.82, 2.24) is 0 Å². The minimum atomic E-state index is -0.937. The Labute approximate surface area is 63.5 Å². The summed E-state index contributed by atoms with van der Waals surface area (Å²) in [4.78, 5) is 10.1. The van der Waals surface area contributed by atoms with E-state index in [0.29, 0.717) is 0 Å². The van der Waals surface area contributed by atoms with E-state index in [4.69, 9.17) is 10.2 Å². The van der Waals surface area contributed by atoms with E-state index in [9.17, 15) is 4.79 Å². The highest BCUT2D eigenvalue weighted by molar-refractivity contribution is 5.64. The second-order valence-electron chi connectivity index (χ2n) is 2.51. The van der Waals surface area contributed by atoms with Gasteiger partial charge in [0.05, 0.1) is 6.10 Å². The van der Waals surface area contributed by atoms with Crippen molar-refractivity contribution in [3.05, 3.63) is 0 Å². The lowest BCUT2D eigenvalue weighted by Gasteiger charge is -2.29. The first kappa shape index (κ1) is 8.29. The first-order valence-corrected chi connectivity index (χ1v) is 3.33. The Morgan fingerprint density at radius 2 is 2.09 bits per heavy atom. The van der Waals surface area contributed by atoms with Gasteiger partial charge in [0.2, 0.25) is 0 Å². The highest BCUT2D eigenvalue weighted by Crippen LogP contribution is 2.17. The highest BCUT2D eigenvalue weighted by Gasteiger charge is 2.37. The zero-order chi connectivity index (χ0) is 8.43. The molecular formula is C6H10O5. The number of carbonyl (C=O) groups is 1. The van der Waals surface area contributed by atoms with Crippen molar-refractivity contribution in [2.24, 2.45) is 0 Å². The van der Waals surface area contributed by atoms with E-state index in [2.05, 4.69) is 9.47 Å². The topological polar surface area (TPSA) is 76.0 Å². The summed E-state index contributed by atoms with van der Waals surface area (Å²) in [6, 6.07) is 0. The van der Waals surface area contributed by atoms with Crippen molar-refractivity contribution in [2.45, 2.75) is 31.8 Å². The lowest BCUT2D eigenvalue weighted by atomic mass is 10.1. The summed E-state index contributed by atoms with van der Waals surface area (Å²) in [6.07, 6.45) is -3.10. The molecule has 0 saturated carbocycles. The Hall–Kier alpha value is -0.810. The van der Waals surface area contributed by atoms with Gasteiger partial charge in [0, 0.05) is 6.42 Å². The molecule has 0 radical (unpaired) electrons. The van der Waals surface area contributed by atoms with E-state index in [1.54, 1.807) is 0 Å². The number of hydrogen-bond donors (Lipinski definition) is 2. The van der Waals surface area contributed by atoms with Crippen LogP contribution >= 0.6 is 0 Å². The second kappa shape index (κ2) is 3.06. The molecule has 0 aromatic rings. The van der Waals surface area contributed by atoms with E-state index < -0.39 is 24.7 Å². The summed E-state index contributed by atoms with van der Waals surface area (Å²) < 4.78 is 8.76. The summed E-state index contributed by atoms with van der Waals surface area (Å²) in [5.41, 5.74) is 0. The van der Waals surface area contributed by atoms with Crippen LogP contribution in [0, 0.1) is 0 Å². The predicted molar refractivity (Wildman–Crippen MR) is 33.7 cm³/mol. The molecule has 1 aliphatic rings. The smallest absolute Gasteiger partial charge is 0.393 e. The molecule has 1 heterocycles. The van der Waals surface area contributed by atoms with Crippen molar-refractivity contribution >= 4 is 6.16 Å². The summed E-state index contributed by atoms with van der Waals surface area (Å²) in [5, 5.41) is 17.9. The van der Waals surface area contributed by atoms with Gasteiger partial charge in [0.25, 0.3) is 6.29 Å². The fourth-order valence-corrected chi connectivity index (χ4v) is 0.816. The molecule has 1 saturated heterocycles. The van der Waals surface area contributed by atoms with Crippen LogP contribution in [-0.2, 0) is 9.47 Å². The Bertz CT molecular complexity index is 147. The van der Waals surface area contributed by atoms with Crippen LogP contribution in [0.2, 0.25) is 0 Å².